The van der Waals surface area contributed by atoms with Crippen LogP contribution in [0.25, 0.3) is 78.3 Å². The maximum absolute atomic E-state index is 5.13. The fourth-order valence-electron chi connectivity index (χ4n) is 8.63. The molecule has 3 heterocycles. The third-order valence-electron chi connectivity index (χ3n) is 12.0. The van der Waals surface area contributed by atoms with Crippen LogP contribution in [0.15, 0.2) is 237 Å². The lowest BCUT2D eigenvalue weighted by Gasteiger charge is -2.18. The molecular weight excluding hydrogens is 775 g/mol. The van der Waals surface area contributed by atoms with Gasteiger partial charge in [0.15, 0.2) is 0 Å². The number of rotatable bonds is 13. The van der Waals surface area contributed by atoms with E-state index < -0.39 is 0 Å². The topological polar surface area (TPSA) is 38.7 Å². The first kappa shape index (κ1) is 40.1. The van der Waals surface area contributed by atoms with E-state index >= 15 is 0 Å². The molecule has 0 spiro atoms. The quantitative estimate of drug-likeness (QED) is 0.116. The van der Waals surface area contributed by atoms with Crippen molar-refractivity contribution in [3.63, 3.8) is 0 Å². The lowest BCUT2D eigenvalue weighted by atomic mass is 9.87. The summed E-state index contributed by atoms with van der Waals surface area (Å²) in [5.41, 5.74) is 20.7. The van der Waals surface area contributed by atoms with E-state index in [0.717, 1.165) is 81.7 Å². The molecule has 0 bridgehead atoms. The number of pyridine rings is 3. The molecule has 0 fully saturated rings. The van der Waals surface area contributed by atoms with Crippen LogP contribution in [0.5, 0.6) is 0 Å². The van der Waals surface area contributed by atoms with Gasteiger partial charge in [0.25, 0.3) is 0 Å². The Balaban J connectivity index is 1.02. The molecule has 0 amide bonds. The van der Waals surface area contributed by atoms with Gasteiger partial charge in [-0.25, -0.2) is 0 Å². The Morgan fingerprint density at radius 3 is 1.19 bits per heavy atom. The third-order valence-corrected chi connectivity index (χ3v) is 12.0. The Morgan fingerprint density at radius 1 is 0.219 bits per heavy atom. The molecule has 0 aliphatic rings. The summed E-state index contributed by atoms with van der Waals surface area (Å²) in [4.78, 5) is 14.8. The van der Waals surface area contributed by atoms with Gasteiger partial charge in [0.1, 0.15) is 0 Å². The van der Waals surface area contributed by atoms with Gasteiger partial charge in [0.2, 0.25) is 0 Å². The molecular formula is C61H47N3. The molecule has 0 unspecified atom stereocenters. The molecule has 0 saturated heterocycles. The maximum atomic E-state index is 5.13. The van der Waals surface area contributed by atoms with Crippen LogP contribution in [-0.4, -0.2) is 15.0 Å². The molecule has 3 aromatic heterocycles. The van der Waals surface area contributed by atoms with Gasteiger partial charge in [-0.2, -0.15) is 0 Å². The van der Waals surface area contributed by atoms with Gasteiger partial charge in [-0.1, -0.05) is 194 Å². The molecule has 306 valence electrons. The fraction of sp³-hybridized carbons (Fsp3) is 0.0656. The third kappa shape index (κ3) is 9.25. The molecule has 0 aliphatic carbocycles. The Labute approximate surface area is 376 Å². The monoisotopic (exact) mass is 821 g/mol. The molecule has 3 heteroatoms. The number of aromatic nitrogens is 3. The van der Waals surface area contributed by atoms with Crippen LogP contribution in [0.2, 0.25) is 0 Å². The summed E-state index contributed by atoms with van der Waals surface area (Å²) in [6.45, 7) is 0. The van der Waals surface area contributed by atoms with Crippen molar-refractivity contribution in [2.24, 2.45) is 0 Å². The highest BCUT2D eigenvalue weighted by Crippen LogP contribution is 2.41. The van der Waals surface area contributed by atoms with E-state index in [1.807, 2.05) is 24.5 Å². The molecule has 10 rings (SSSR count). The summed E-state index contributed by atoms with van der Waals surface area (Å²) >= 11 is 0. The molecule has 0 N–H and O–H groups in total. The van der Waals surface area contributed by atoms with Crippen molar-refractivity contribution in [3.05, 3.63) is 259 Å². The predicted molar refractivity (Wildman–Crippen MR) is 266 cm³/mol. The Morgan fingerprint density at radius 2 is 0.656 bits per heavy atom. The SMILES string of the molecule is c1ccc(-c2cccc(-c3cc(-c4ccccc4)ncc3-c3ccccc3-c3cc(CCc4ccc(-c5ccccc5)nc4)cc(CCc4ccc(-c5ccccc5)nc4)c3)c2)cc1. The van der Waals surface area contributed by atoms with Gasteiger partial charge in [0, 0.05) is 40.8 Å². The highest BCUT2D eigenvalue weighted by Gasteiger charge is 2.17. The van der Waals surface area contributed by atoms with Crippen molar-refractivity contribution >= 4 is 0 Å². The van der Waals surface area contributed by atoms with Gasteiger partial charge < -0.3 is 0 Å². The number of hydrogen-bond donors (Lipinski definition) is 0. The van der Waals surface area contributed by atoms with Gasteiger partial charge >= 0.3 is 0 Å². The predicted octanol–water partition coefficient (Wildman–Crippen LogP) is 15.1. The van der Waals surface area contributed by atoms with Crippen LogP contribution >= 0.6 is 0 Å². The molecule has 0 aliphatic heterocycles. The Bertz CT molecular complexity index is 3000. The molecule has 3 nitrogen and oxygen atoms in total. The lowest BCUT2D eigenvalue weighted by molar-refractivity contribution is 0.923. The van der Waals surface area contributed by atoms with E-state index in [1.54, 1.807) is 0 Å². The molecule has 0 saturated carbocycles. The maximum Gasteiger partial charge on any atom is 0.0708 e. The van der Waals surface area contributed by atoms with Crippen molar-refractivity contribution in [2.75, 3.05) is 0 Å². The van der Waals surface area contributed by atoms with Crippen molar-refractivity contribution in [2.45, 2.75) is 25.7 Å². The minimum atomic E-state index is 0.893. The number of nitrogens with zero attached hydrogens (tertiary/aromatic N) is 3. The first-order valence-electron chi connectivity index (χ1n) is 22.1. The van der Waals surface area contributed by atoms with Crippen LogP contribution in [-0.2, 0) is 25.7 Å². The highest BCUT2D eigenvalue weighted by molar-refractivity contribution is 5.93. The van der Waals surface area contributed by atoms with E-state index in [0.29, 0.717) is 0 Å². The van der Waals surface area contributed by atoms with Crippen molar-refractivity contribution in [1.82, 2.24) is 15.0 Å². The largest absolute Gasteiger partial charge is 0.256 e. The second-order valence-corrected chi connectivity index (χ2v) is 16.3. The zero-order valence-corrected chi connectivity index (χ0v) is 35.7. The normalized spacial score (nSPS) is 11.1. The summed E-state index contributed by atoms with van der Waals surface area (Å²) in [6, 6.07) is 77.8. The van der Waals surface area contributed by atoms with Crippen molar-refractivity contribution in [1.29, 1.82) is 0 Å². The van der Waals surface area contributed by atoms with Crippen molar-refractivity contribution < 1.29 is 0 Å². The van der Waals surface area contributed by atoms with E-state index in [9.17, 15) is 0 Å². The fourth-order valence-corrected chi connectivity index (χ4v) is 8.63. The molecule has 0 atom stereocenters. The molecule has 10 aromatic rings. The number of aryl methyl sites for hydroxylation is 4. The van der Waals surface area contributed by atoms with Gasteiger partial charge in [-0.3, -0.25) is 15.0 Å². The first-order valence-corrected chi connectivity index (χ1v) is 22.1. The standard InChI is InChI=1S/C61H47N3/c1-5-16-48(17-6-1)52-24-15-25-53(39-52)57-40-61(51-22-11-4-12-23-51)64-43-58(57)56-27-14-13-26-55(56)54-37-46(30-28-44-32-34-59(62-41-44)49-18-7-2-8-19-49)36-47(38-54)31-29-45-33-35-60(63-42-45)50-20-9-3-10-21-50/h1-27,32-43H,28-31H2. The zero-order chi connectivity index (χ0) is 42.9. The average molecular weight is 822 g/mol. The second kappa shape index (κ2) is 18.9. The van der Waals surface area contributed by atoms with E-state index in [1.165, 1.54) is 44.5 Å². The zero-order valence-electron chi connectivity index (χ0n) is 35.7. The van der Waals surface area contributed by atoms with Crippen LogP contribution < -0.4 is 0 Å². The van der Waals surface area contributed by atoms with Crippen LogP contribution in [0.4, 0.5) is 0 Å². The number of benzene rings is 7. The lowest BCUT2D eigenvalue weighted by Crippen LogP contribution is -1.99. The van der Waals surface area contributed by atoms with Crippen LogP contribution in [0.3, 0.4) is 0 Å². The summed E-state index contributed by atoms with van der Waals surface area (Å²) in [5.74, 6) is 0. The Hall–Kier alpha value is -8.01. The summed E-state index contributed by atoms with van der Waals surface area (Å²) in [6.07, 6.45) is 9.73. The number of hydrogen-bond acceptors (Lipinski definition) is 3. The van der Waals surface area contributed by atoms with Gasteiger partial charge in [-0.15, -0.1) is 0 Å². The Kier molecular flexibility index (Phi) is 11.9. The summed E-state index contributed by atoms with van der Waals surface area (Å²) in [5, 5.41) is 0. The average Bonchev–Trinajstić information content (AvgIpc) is 3.38. The van der Waals surface area contributed by atoms with Crippen LogP contribution in [0, 0.1) is 0 Å². The smallest absolute Gasteiger partial charge is 0.0708 e. The molecule has 0 radical (unpaired) electrons. The summed E-state index contributed by atoms with van der Waals surface area (Å²) in [7, 11) is 0. The highest BCUT2D eigenvalue weighted by atomic mass is 14.7. The minimum absolute atomic E-state index is 0.893. The molecule has 64 heavy (non-hydrogen) atoms. The second-order valence-electron chi connectivity index (χ2n) is 16.3. The van der Waals surface area contributed by atoms with Crippen molar-refractivity contribution in [3.8, 4) is 78.3 Å². The minimum Gasteiger partial charge on any atom is -0.256 e. The first-order chi connectivity index (χ1) is 31.7. The molecule has 7 aromatic carbocycles. The summed E-state index contributed by atoms with van der Waals surface area (Å²) < 4.78 is 0. The van der Waals surface area contributed by atoms with E-state index in [2.05, 4.69) is 212 Å². The van der Waals surface area contributed by atoms with Gasteiger partial charge in [-0.05, 0) is 111 Å². The van der Waals surface area contributed by atoms with E-state index in [4.69, 9.17) is 15.0 Å². The van der Waals surface area contributed by atoms with Crippen LogP contribution in [0.1, 0.15) is 22.3 Å². The van der Waals surface area contributed by atoms with Gasteiger partial charge in [0.05, 0.1) is 17.1 Å². The van der Waals surface area contributed by atoms with E-state index in [-0.39, 0.29) is 0 Å².